The van der Waals surface area contributed by atoms with Gasteiger partial charge in [-0.05, 0) is 55.4 Å². The topological polar surface area (TPSA) is 51.5 Å². The first kappa shape index (κ1) is 17.4. The van der Waals surface area contributed by atoms with Gasteiger partial charge in [0.25, 0.3) is 11.1 Å². The first-order chi connectivity index (χ1) is 12.0. The Morgan fingerprint density at radius 2 is 1.88 bits per heavy atom. The number of aromatic nitrogens is 1. The van der Waals surface area contributed by atoms with Crippen molar-refractivity contribution in [3.8, 4) is 5.75 Å². The number of nitrogens with zero attached hydrogens (tertiary/aromatic N) is 2. The third-order valence-corrected chi connectivity index (χ3v) is 5.21. The van der Waals surface area contributed by atoms with Crippen molar-refractivity contribution in [1.82, 2.24) is 9.47 Å². The van der Waals surface area contributed by atoms with E-state index in [0.29, 0.717) is 4.91 Å². The summed E-state index contributed by atoms with van der Waals surface area (Å²) in [6, 6.07) is 11.4. The third-order valence-electron chi connectivity index (χ3n) is 4.30. The summed E-state index contributed by atoms with van der Waals surface area (Å²) in [5.74, 6) is 0.466. The van der Waals surface area contributed by atoms with Crippen LogP contribution in [0.4, 0.5) is 4.79 Å². The smallest absolute Gasteiger partial charge is 0.293 e. The SMILES string of the molecule is Cc1cc(/C=C2\SC(=O)N(CCOc3ccccc3)C2=O)c(C)n1C. The number of ether oxygens (including phenoxy) is 1. The van der Waals surface area contributed by atoms with Crippen LogP contribution in [-0.4, -0.2) is 33.8 Å². The normalized spacial score (nSPS) is 16.1. The van der Waals surface area contributed by atoms with Crippen molar-refractivity contribution < 1.29 is 14.3 Å². The van der Waals surface area contributed by atoms with Gasteiger partial charge in [-0.2, -0.15) is 0 Å². The van der Waals surface area contributed by atoms with Crippen molar-refractivity contribution in [2.75, 3.05) is 13.2 Å². The van der Waals surface area contributed by atoms with Crippen LogP contribution in [0.2, 0.25) is 0 Å². The van der Waals surface area contributed by atoms with Crippen LogP contribution in [0.3, 0.4) is 0 Å². The average molecular weight is 356 g/mol. The molecule has 130 valence electrons. The summed E-state index contributed by atoms with van der Waals surface area (Å²) < 4.78 is 7.64. The molecule has 1 fully saturated rings. The number of amides is 2. The Morgan fingerprint density at radius 1 is 1.16 bits per heavy atom. The highest BCUT2D eigenvalue weighted by molar-refractivity contribution is 8.18. The largest absolute Gasteiger partial charge is 0.492 e. The molecule has 0 unspecified atom stereocenters. The summed E-state index contributed by atoms with van der Waals surface area (Å²) in [5, 5.41) is -0.252. The van der Waals surface area contributed by atoms with Gasteiger partial charge < -0.3 is 9.30 Å². The van der Waals surface area contributed by atoms with Crippen molar-refractivity contribution in [1.29, 1.82) is 0 Å². The van der Waals surface area contributed by atoms with E-state index in [2.05, 4.69) is 4.57 Å². The highest BCUT2D eigenvalue weighted by atomic mass is 32.2. The van der Waals surface area contributed by atoms with Crippen LogP contribution < -0.4 is 4.74 Å². The summed E-state index contributed by atoms with van der Waals surface area (Å²) in [6.07, 6.45) is 1.80. The molecule has 0 N–H and O–H groups in total. The number of aryl methyl sites for hydroxylation is 1. The maximum Gasteiger partial charge on any atom is 0.293 e. The monoisotopic (exact) mass is 356 g/mol. The van der Waals surface area contributed by atoms with E-state index in [1.54, 1.807) is 6.08 Å². The van der Waals surface area contributed by atoms with Crippen molar-refractivity contribution >= 4 is 29.0 Å². The number of para-hydroxylation sites is 1. The van der Waals surface area contributed by atoms with Gasteiger partial charge in [-0.3, -0.25) is 14.5 Å². The number of hydrogen-bond acceptors (Lipinski definition) is 4. The first-order valence-corrected chi connectivity index (χ1v) is 8.85. The minimum Gasteiger partial charge on any atom is -0.492 e. The van der Waals surface area contributed by atoms with Crippen LogP contribution in [0.15, 0.2) is 41.3 Å². The molecule has 0 radical (unpaired) electrons. The Labute approximate surface area is 151 Å². The second-order valence-corrected chi connectivity index (χ2v) is 6.87. The van der Waals surface area contributed by atoms with E-state index >= 15 is 0 Å². The molecule has 0 aliphatic carbocycles. The Bertz CT molecular complexity index is 840. The number of thioether (sulfide) groups is 1. The fourth-order valence-corrected chi connectivity index (χ4v) is 3.49. The number of hydrogen-bond donors (Lipinski definition) is 0. The Morgan fingerprint density at radius 3 is 2.52 bits per heavy atom. The van der Waals surface area contributed by atoms with Crippen LogP contribution in [0.1, 0.15) is 17.0 Å². The maximum absolute atomic E-state index is 12.5. The highest BCUT2D eigenvalue weighted by Crippen LogP contribution is 2.33. The summed E-state index contributed by atoms with van der Waals surface area (Å²) in [5.41, 5.74) is 3.14. The molecule has 0 atom stereocenters. The van der Waals surface area contributed by atoms with Gasteiger partial charge in [-0.25, -0.2) is 0 Å². The van der Waals surface area contributed by atoms with Crippen LogP contribution in [0, 0.1) is 13.8 Å². The second kappa shape index (κ2) is 7.19. The predicted molar refractivity (Wildman–Crippen MR) is 99.5 cm³/mol. The third kappa shape index (κ3) is 3.64. The zero-order valence-corrected chi connectivity index (χ0v) is 15.3. The Balaban J connectivity index is 1.67. The van der Waals surface area contributed by atoms with Crippen LogP contribution in [-0.2, 0) is 11.8 Å². The lowest BCUT2D eigenvalue weighted by atomic mass is 10.2. The molecule has 2 amide bonds. The van der Waals surface area contributed by atoms with Gasteiger partial charge in [0.1, 0.15) is 12.4 Å². The number of imide groups is 1. The molecule has 5 nitrogen and oxygen atoms in total. The van der Waals surface area contributed by atoms with E-state index in [1.807, 2.05) is 57.3 Å². The summed E-state index contributed by atoms with van der Waals surface area (Å²) in [6.45, 7) is 4.52. The maximum atomic E-state index is 12.5. The summed E-state index contributed by atoms with van der Waals surface area (Å²) in [4.78, 5) is 26.4. The molecule has 1 aliphatic heterocycles. The molecule has 0 bridgehead atoms. The molecule has 3 rings (SSSR count). The fourth-order valence-electron chi connectivity index (χ4n) is 2.64. The number of rotatable bonds is 5. The van der Waals surface area contributed by atoms with E-state index in [0.717, 1.165) is 34.5 Å². The van der Waals surface area contributed by atoms with Gasteiger partial charge in [-0.1, -0.05) is 18.2 Å². The van der Waals surface area contributed by atoms with E-state index in [4.69, 9.17) is 4.74 Å². The molecule has 0 spiro atoms. The van der Waals surface area contributed by atoms with Crippen molar-refractivity contribution in [3.63, 3.8) is 0 Å². The van der Waals surface area contributed by atoms with Gasteiger partial charge in [0.05, 0.1) is 11.4 Å². The zero-order valence-electron chi connectivity index (χ0n) is 14.5. The molecule has 2 aromatic rings. The molecular formula is C19H20N2O3S. The van der Waals surface area contributed by atoms with Crippen LogP contribution in [0.5, 0.6) is 5.75 Å². The molecule has 1 aromatic carbocycles. The van der Waals surface area contributed by atoms with E-state index < -0.39 is 0 Å². The molecule has 2 heterocycles. The second-order valence-electron chi connectivity index (χ2n) is 5.88. The lowest BCUT2D eigenvalue weighted by Crippen LogP contribution is -2.32. The highest BCUT2D eigenvalue weighted by Gasteiger charge is 2.35. The standard InChI is InChI=1S/C19H20N2O3S/c1-13-11-15(14(2)20(13)3)12-17-18(22)21(19(23)25-17)9-10-24-16-7-5-4-6-8-16/h4-8,11-12H,9-10H2,1-3H3/b17-12-. The average Bonchev–Trinajstić information content (AvgIpc) is 3.00. The quantitative estimate of drug-likeness (QED) is 0.766. The molecule has 1 aromatic heterocycles. The lowest BCUT2D eigenvalue weighted by molar-refractivity contribution is -0.123. The fraction of sp³-hybridized carbons (Fsp3) is 0.263. The van der Waals surface area contributed by atoms with Crippen molar-refractivity contribution in [2.45, 2.75) is 13.8 Å². The molecule has 1 saturated heterocycles. The minimum atomic E-state index is -0.257. The number of carbonyl (C=O) groups excluding carboxylic acids is 2. The predicted octanol–water partition coefficient (Wildman–Crippen LogP) is 3.76. The van der Waals surface area contributed by atoms with Gasteiger partial charge >= 0.3 is 0 Å². The van der Waals surface area contributed by atoms with Crippen molar-refractivity contribution in [3.05, 3.63) is 58.3 Å². The van der Waals surface area contributed by atoms with Crippen LogP contribution in [0.25, 0.3) is 6.08 Å². The zero-order chi connectivity index (χ0) is 18.0. The molecule has 0 saturated carbocycles. The first-order valence-electron chi connectivity index (χ1n) is 8.03. The van der Waals surface area contributed by atoms with E-state index in [9.17, 15) is 9.59 Å². The molecule has 1 aliphatic rings. The van der Waals surface area contributed by atoms with Gasteiger partial charge in [0.15, 0.2) is 0 Å². The summed E-state index contributed by atoms with van der Waals surface area (Å²) in [7, 11) is 1.98. The molecular weight excluding hydrogens is 336 g/mol. The van der Waals surface area contributed by atoms with Gasteiger partial charge in [-0.15, -0.1) is 0 Å². The van der Waals surface area contributed by atoms with Gasteiger partial charge in [0, 0.05) is 18.4 Å². The van der Waals surface area contributed by atoms with E-state index in [1.165, 1.54) is 4.90 Å². The van der Waals surface area contributed by atoms with Crippen molar-refractivity contribution in [2.24, 2.45) is 7.05 Å². The lowest BCUT2D eigenvalue weighted by Gasteiger charge is -2.13. The molecule has 6 heteroatoms. The van der Waals surface area contributed by atoms with Gasteiger partial charge in [0.2, 0.25) is 0 Å². The van der Waals surface area contributed by atoms with E-state index in [-0.39, 0.29) is 24.3 Å². The van der Waals surface area contributed by atoms with Crippen LogP contribution >= 0.6 is 11.8 Å². The number of carbonyl (C=O) groups is 2. The minimum absolute atomic E-state index is 0.240. The number of benzene rings is 1. The summed E-state index contributed by atoms with van der Waals surface area (Å²) >= 11 is 0.980. The Hall–Kier alpha value is -2.47. The molecule has 25 heavy (non-hydrogen) atoms. The Kier molecular flexibility index (Phi) is 4.99.